The number of alkyl halides is 6. The SMILES string of the molecule is O=C(c1cn2nc(Cl)ccc2n1)N1CCC(c2ccc(-c3cc4nc(C(=O)N5CCC(c6ccccc6C(F)(F)F)CC5)cn4nc3N3CCOCC3)cc2C(F)(F)F)CC1. The molecule has 0 aliphatic carbocycles. The predicted molar refractivity (Wildman–Crippen MR) is 212 cm³/mol. The number of hydrogen-bond donors (Lipinski definition) is 0. The first kappa shape index (κ1) is 40.6. The Morgan fingerprint density at radius 3 is 1.80 bits per heavy atom. The number of anilines is 1. The van der Waals surface area contributed by atoms with Gasteiger partial charge in [-0.3, -0.25) is 9.59 Å². The number of halogens is 7. The number of ether oxygens (including phenoxy) is 1. The van der Waals surface area contributed by atoms with Crippen molar-refractivity contribution in [1.29, 1.82) is 0 Å². The van der Waals surface area contributed by atoms with Gasteiger partial charge in [-0.1, -0.05) is 41.9 Å². The first-order chi connectivity index (χ1) is 29.2. The van der Waals surface area contributed by atoms with Crippen LogP contribution >= 0.6 is 11.6 Å². The van der Waals surface area contributed by atoms with Crippen LogP contribution in [0.3, 0.4) is 0 Å². The molecule has 12 nitrogen and oxygen atoms in total. The molecule has 0 spiro atoms. The average Bonchev–Trinajstić information content (AvgIpc) is 3.89. The first-order valence-corrected chi connectivity index (χ1v) is 20.3. The topological polar surface area (TPSA) is 113 Å². The van der Waals surface area contributed by atoms with E-state index in [-0.39, 0.29) is 76.9 Å². The van der Waals surface area contributed by atoms with Crippen LogP contribution in [-0.4, -0.2) is 103 Å². The number of imidazole rings is 2. The maximum Gasteiger partial charge on any atom is 0.416 e. The van der Waals surface area contributed by atoms with E-state index in [0.29, 0.717) is 69.0 Å². The molecule has 0 bridgehead atoms. The number of carbonyl (C=O) groups is 2. The van der Waals surface area contributed by atoms with Gasteiger partial charge in [0.1, 0.15) is 16.5 Å². The molecule has 3 aliphatic heterocycles. The number of benzene rings is 2. The van der Waals surface area contributed by atoms with E-state index < -0.39 is 35.3 Å². The molecule has 4 aromatic heterocycles. The minimum atomic E-state index is -4.70. The summed E-state index contributed by atoms with van der Waals surface area (Å²) in [6, 6.07) is 14.6. The third-order valence-electron chi connectivity index (χ3n) is 11.8. The molecule has 2 aromatic carbocycles. The number of likely N-dealkylation sites (tertiary alicyclic amines) is 2. The zero-order valence-electron chi connectivity index (χ0n) is 32.5. The Hall–Kier alpha value is -5.75. The van der Waals surface area contributed by atoms with Gasteiger partial charge >= 0.3 is 12.4 Å². The van der Waals surface area contributed by atoms with E-state index in [9.17, 15) is 35.9 Å². The molecule has 318 valence electrons. The lowest BCUT2D eigenvalue weighted by molar-refractivity contribution is -0.139. The second kappa shape index (κ2) is 15.9. The Morgan fingerprint density at radius 2 is 1.20 bits per heavy atom. The maximum atomic E-state index is 15.0. The number of fused-ring (bicyclic) bond motifs is 2. The second-order valence-corrected chi connectivity index (χ2v) is 15.9. The minimum absolute atomic E-state index is 0.0603. The number of carbonyl (C=O) groups excluding carboxylic acids is 2. The smallest absolute Gasteiger partial charge is 0.378 e. The highest BCUT2D eigenvalue weighted by Gasteiger charge is 2.39. The Kier molecular flexibility index (Phi) is 10.6. The number of rotatable bonds is 6. The average molecular weight is 866 g/mol. The van der Waals surface area contributed by atoms with Gasteiger partial charge < -0.3 is 19.4 Å². The van der Waals surface area contributed by atoms with E-state index in [1.54, 1.807) is 40.1 Å². The van der Waals surface area contributed by atoms with Crippen molar-refractivity contribution in [3.8, 4) is 11.1 Å². The Labute approximate surface area is 349 Å². The monoisotopic (exact) mass is 865 g/mol. The van der Waals surface area contributed by atoms with Crippen LogP contribution in [-0.2, 0) is 17.1 Å². The summed E-state index contributed by atoms with van der Waals surface area (Å²) in [5, 5.41) is 9.14. The van der Waals surface area contributed by atoms with Crippen LogP contribution in [0.2, 0.25) is 5.15 Å². The van der Waals surface area contributed by atoms with Crippen molar-refractivity contribution < 1.29 is 40.7 Å². The van der Waals surface area contributed by atoms with Gasteiger partial charge in [0.15, 0.2) is 17.1 Å². The van der Waals surface area contributed by atoms with Gasteiger partial charge in [0.25, 0.3) is 11.8 Å². The van der Waals surface area contributed by atoms with Crippen molar-refractivity contribution in [2.24, 2.45) is 0 Å². The van der Waals surface area contributed by atoms with E-state index >= 15 is 0 Å². The van der Waals surface area contributed by atoms with Crippen LogP contribution in [0.4, 0.5) is 32.2 Å². The third-order valence-corrected chi connectivity index (χ3v) is 12.0. The van der Waals surface area contributed by atoms with Crippen molar-refractivity contribution >= 4 is 40.5 Å². The summed E-state index contributed by atoms with van der Waals surface area (Å²) in [4.78, 5) is 41.0. The van der Waals surface area contributed by atoms with Crippen LogP contribution in [0.25, 0.3) is 22.4 Å². The molecular formula is C42H38ClF6N9O3. The summed E-state index contributed by atoms with van der Waals surface area (Å²) in [6.07, 6.45) is -4.95. The van der Waals surface area contributed by atoms with Crippen LogP contribution in [0.5, 0.6) is 0 Å². The van der Waals surface area contributed by atoms with E-state index in [1.165, 1.54) is 39.6 Å². The highest BCUT2D eigenvalue weighted by molar-refractivity contribution is 6.29. The highest BCUT2D eigenvalue weighted by atomic mass is 35.5. The van der Waals surface area contributed by atoms with Gasteiger partial charge in [0, 0.05) is 44.8 Å². The van der Waals surface area contributed by atoms with Crippen LogP contribution in [0.15, 0.2) is 73.1 Å². The predicted octanol–water partition coefficient (Wildman–Crippen LogP) is 8.01. The standard InChI is InChI=1S/C42H38ClF6N9O3/c43-35-7-8-36-50-33(23-57(36)52-35)39(59)55-15-11-26(12-16-55)29-6-5-27(21-32(29)42(47,48)49)30-22-37-51-34(24-58(37)53-38(30)54-17-19-61-20-18-54)40(60)56-13-9-25(10-14-56)28-3-1-2-4-31(28)41(44,45)46/h1-8,21-26H,9-20H2. The molecule has 6 aromatic rings. The molecule has 7 heterocycles. The van der Waals surface area contributed by atoms with Crippen molar-refractivity contribution in [1.82, 2.24) is 39.0 Å². The summed E-state index contributed by atoms with van der Waals surface area (Å²) in [5.74, 6) is -1.21. The summed E-state index contributed by atoms with van der Waals surface area (Å²) >= 11 is 5.97. The largest absolute Gasteiger partial charge is 0.416 e. The van der Waals surface area contributed by atoms with E-state index in [2.05, 4.69) is 15.1 Å². The van der Waals surface area contributed by atoms with Crippen molar-refractivity contribution in [3.05, 3.63) is 112 Å². The van der Waals surface area contributed by atoms with E-state index in [0.717, 1.165) is 12.1 Å². The fraction of sp³-hybridized carbons (Fsp3) is 0.381. The van der Waals surface area contributed by atoms with Gasteiger partial charge in [-0.15, -0.1) is 5.10 Å². The molecule has 0 atom stereocenters. The van der Waals surface area contributed by atoms with Gasteiger partial charge in [0.05, 0.1) is 36.7 Å². The lowest BCUT2D eigenvalue weighted by Crippen LogP contribution is -2.38. The summed E-state index contributed by atoms with van der Waals surface area (Å²) in [5.41, 5.74) is 0.452. The number of nitrogens with zero attached hydrogens (tertiary/aromatic N) is 9. The Balaban J connectivity index is 0.965. The normalized spacial score (nSPS) is 17.5. The second-order valence-electron chi connectivity index (χ2n) is 15.5. The summed E-state index contributed by atoms with van der Waals surface area (Å²) < 4.78 is 94.5. The van der Waals surface area contributed by atoms with Gasteiger partial charge in [-0.25, -0.2) is 19.0 Å². The maximum absolute atomic E-state index is 15.0. The fourth-order valence-corrected chi connectivity index (χ4v) is 8.89. The third kappa shape index (κ3) is 8.10. The zero-order valence-corrected chi connectivity index (χ0v) is 33.2. The number of piperidine rings is 2. The molecule has 0 radical (unpaired) electrons. The molecule has 2 amide bonds. The Morgan fingerprint density at radius 1 is 0.639 bits per heavy atom. The number of morpholine rings is 1. The summed E-state index contributed by atoms with van der Waals surface area (Å²) in [6.45, 7) is 2.53. The molecule has 3 aliphatic rings. The van der Waals surface area contributed by atoms with Gasteiger partial charge in [-0.2, -0.15) is 31.4 Å². The molecule has 0 unspecified atom stereocenters. The van der Waals surface area contributed by atoms with Crippen LogP contribution < -0.4 is 4.90 Å². The molecule has 3 fully saturated rings. The number of hydrogen-bond acceptors (Lipinski definition) is 8. The highest BCUT2D eigenvalue weighted by Crippen LogP contribution is 2.43. The van der Waals surface area contributed by atoms with E-state index in [1.807, 2.05) is 4.90 Å². The number of aromatic nitrogens is 6. The molecule has 0 N–H and O–H groups in total. The molecule has 3 saturated heterocycles. The van der Waals surface area contributed by atoms with Crippen LogP contribution in [0, 0.1) is 0 Å². The Bertz CT molecular complexity index is 2630. The zero-order chi connectivity index (χ0) is 42.6. The lowest BCUT2D eigenvalue weighted by Gasteiger charge is -2.33. The van der Waals surface area contributed by atoms with Gasteiger partial charge in [-0.05, 0) is 84.5 Å². The van der Waals surface area contributed by atoms with Crippen molar-refractivity contribution in [3.63, 3.8) is 0 Å². The lowest BCUT2D eigenvalue weighted by atomic mass is 9.85. The molecule has 9 rings (SSSR count). The molecule has 19 heteroatoms. The molecular weight excluding hydrogens is 828 g/mol. The molecule has 0 saturated carbocycles. The first-order valence-electron chi connectivity index (χ1n) is 19.9. The van der Waals surface area contributed by atoms with Crippen LogP contribution in [0.1, 0.15) is 80.7 Å². The summed E-state index contributed by atoms with van der Waals surface area (Å²) in [7, 11) is 0. The minimum Gasteiger partial charge on any atom is -0.378 e. The quantitative estimate of drug-likeness (QED) is 0.155. The van der Waals surface area contributed by atoms with Gasteiger partial charge in [0.2, 0.25) is 0 Å². The fourth-order valence-electron chi connectivity index (χ4n) is 8.75. The van der Waals surface area contributed by atoms with Crippen molar-refractivity contribution in [2.45, 2.75) is 49.9 Å². The molecule has 61 heavy (non-hydrogen) atoms. The van der Waals surface area contributed by atoms with Crippen molar-refractivity contribution in [2.75, 3.05) is 57.4 Å². The number of amides is 2. The van der Waals surface area contributed by atoms with E-state index in [4.69, 9.17) is 21.4 Å².